The first-order valence-electron chi connectivity index (χ1n) is 10.9. The number of anilines is 1. The van der Waals surface area contributed by atoms with Gasteiger partial charge in [-0.15, -0.1) is 0 Å². The molecule has 1 aliphatic carbocycles. The third-order valence-electron chi connectivity index (χ3n) is 5.88. The van der Waals surface area contributed by atoms with Crippen LogP contribution in [0.2, 0.25) is 15.1 Å². The topological polar surface area (TPSA) is 82.0 Å². The van der Waals surface area contributed by atoms with Gasteiger partial charge in [-0.2, -0.15) is 5.26 Å². The molecule has 0 fully saturated rings. The molecular formula is C26H22Cl3N3O2S. The largest absolute Gasteiger partial charge is 0.352 e. The van der Waals surface area contributed by atoms with Crippen LogP contribution in [0.5, 0.6) is 0 Å². The van der Waals surface area contributed by atoms with E-state index in [1.807, 2.05) is 12.1 Å². The minimum Gasteiger partial charge on any atom is -0.352 e. The molecule has 2 aliphatic rings. The second kappa shape index (κ2) is 10.3. The maximum atomic E-state index is 13.2. The van der Waals surface area contributed by atoms with E-state index in [2.05, 4.69) is 30.6 Å². The average Bonchev–Trinajstić information content (AvgIpc) is 2.79. The number of hydrogen-bond donors (Lipinski definition) is 2. The van der Waals surface area contributed by atoms with E-state index >= 15 is 0 Å². The van der Waals surface area contributed by atoms with E-state index in [-0.39, 0.29) is 22.9 Å². The zero-order valence-electron chi connectivity index (χ0n) is 19.0. The molecule has 5 nitrogen and oxygen atoms in total. The normalized spacial score (nSPS) is 19.1. The standard InChI is InChI=1S/C26H22Cl3N3O2S/c1-26(2)10-20-24(21(33)11-26)23(14-3-5-15(27)6-4-14)17(12-30)25(32-20)35-13-22(34)31-16-7-8-18(28)19(29)9-16/h3-9,23,32H,10-11,13H2,1-2H3,(H,31,34)/t23-/m0/s1. The Bertz CT molecular complexity index is 1310. The van der Waals surface area contributed by atoms with Crippen molar-refractivity contribution in [2.45, 2.75) is 32.6 Å². The highest BCUT2D eigenvalue weighted by atomic mass is 35.5. The number of halogens is 3. The molecule has 9 heteroatoms. The van der Waals surface area contributed by atoms with Gasteiger partial charge >= 0.3 is 0 Å². The first-order chi connectivity index (χ1) is 16.6. The van der Waals surface area contributed by atoms with Crippen molar-refractivity contribution in [3.05, 3.63) is 85.0 Å². The molecule has 0 unspecified atom stereocenters. The zero-order chi connectivity index (χ0) is 25.3. The van der Waals surface area contributed by atoms with Crippen molar-refractivity contribution in [2.24, 2.45) is 5.41 Å². The van der Waals surface area contributed by atoms with Crippen LogP contribution in [0.25, 0.3) is 0 Å². The summed E-state index contributed by atoms with van der Waals surface area (Å²) >= 11 is 19.3. The van der Waals surface area contributed by atoms with Crippen LogP contribution in [-0.2, 0) is 9.59 Å². The van der Waals surface area contributed by atoms with E-state index in [4.69, 9.17) is 34.8 Å². The third kappa shape index (κ3) is 5.70. The molecule has 0 saturated heterocycles. The molecule has 0 radical (unpaired) electrons. The van der Waals surface area contributed by atoms with Crippen molar-refractivity contribution >= 4 is 63.9 Å². The monoisotopic (exact) mass is 545 g/mol. The van der Waals surface area contributed by atoms with Gasteiger partial charge < -0.3 is 10.6 Å². The van der Waals surface area contributed by atoms with Crippen LogP contribution in [0, 0.1) is 16.7 Å². The van der Waals surface area contributed by atoms with Crippen LogP contribution in [0.1, 0.15) is 38.2 Å². The Balaban J connectivity index is 1.63. The highest BCUT2D eigenvalue weighted by molar-refractivity contribution is 8.03. The molecule has 0 spiro atoms. The number of ketones is 1. The number of nitriles is 1. The van der Waals surface area contributed by atoms with Gasteiger partial charge in [-0.05, 0) is 47.7 Å². The van der Waals surface area contributed by atoms with E-state index in [0.29, 0.717) is 49.8 Å². The second-order valence-corrected chi connectivity index (χ2v) is 11.5. The van der Waals surface area contributed by atoms with Gasteiger partial charge in [0, 0.05) is 28.4 Å². The van der Waals surface area contributed by atoms with Crippen molar-refractivity contribution in [1.82, 2.24) is 5.32 Å². The molecule has 180 valence electrons. The van der Waals surface area contributed by atoms with Crippen molar-refractivity contribution in [3.8, 4) is 6.07 Å². The molecule has 2 aromatic carbocycles. The van der Waals surface area contributed by atoms with Gasteiger partial charge in [0.2, 0.25) is 5.91 Å². The Morgan fingerprint density at radius 1 is 1.14 bits per heavy atom. The summed E-state index contributed by atoms with van der Waals surface area (Å²) in [5.41, 5.74) is 2.96. The number of nitrogens with zero attached hydrogens (tertiary/aromatic N) is 1. The first kappa shape index (κ1) is 25.7. The number of nitrogens with one attached hydrogen (secondary N) is 2. The Morgan fingerprint density at radius 3 is 2.51 bits per heavy atom. The zero-order valence-corrected chi connectivity index (χ0v) is 22.1. The van der Waals surface area contributed by atoms with Crippen LogP contribution in [-0.4, -0.2) is 17.4 Å². The summed E-state index contributed by atoms with van der Waals surface area (Å²) in [6, 6.07) is 14.3. The van der Waals surface area contributed by atoms with Gasteiger partial charge in [-0.3, -0.25) is 9.59 Å². The Morgan fingerprint density at radius 2 is 1.86 bits per heavy atom. The van der Waals surface area contributed by atoms with Crippen LogP contribution < -0.4 is 10.6 Å². The number of dihydropyridines is 1. The average molecular weight is 547 g/mol. The predicted molar refractivity (Wildman–Crippen MR) is 143 cm³/mol. The number of allylic oxidation sites excluding steroid dienone is 3. The quantitative estimate of drug-likeness (QED) is 0.419. The minimum absolute atomic E-state index is 0.0258. The molecule has 1 atom stereocenters. The van der Waals surface area contributed by atoms with Crippen LogP contribution >= 0.6 is 46.6 Å². The number of Topliss-reactive ketones (excluding diaryl/α,β-unsaturated/α-hetero) is 1. The smallest absolute Gasteiger partial charge is 0.234 e. The number of hydrogen-bond acceptors (Lipinski definition) is 5. The fraction of sp³-hybridized carbons (Fsp3) is 0.269. The number of amides is 1. The lowest BCUT2D eigenvalue weighted by molar-refractivity contribution is -0.118. The molecule has 1 aliphatic heterocycles. The van der Waals surface area contributed by atoms with Crippen LogP contribution in [0.3, 0.4) is 0 Å². The molecule has 35 heavy (non-hydrogen) atoms. The molecule has 0 bridgehead atoms. The van der Waals surface area contributed by atoms with Crippen molar-refractivity contribution < 1.29 is 9.59 Å². The number of benzene rings is 2. The van der Waals surface area contributed by atoms with Crippen LogP contribution in [0.4, 0.5) is 5.69 Å². The fourth-order valence-electron chi connectivity index (χ4n) is 4.39. The van der Waals surface area contributed by atoms with E-state index in [0.717, 1.165) is 11.3 Å². The van der Waals surface area contributed by atoms with Gasteiger partial charge in [0.15, 0.2) is 5.78 Å². The van der Waals surface area contributed by atoms with E-state index in [9.17, 15) is 14.9 Å². The van der Waals surface area contributed by atoms with Gasteiger partial charge in [0.05, 0.1) is 38.4 Å². The van der Waals surface area contributed by atoms with E-state index in [1.54, 1.807) is 30.3 Å². The molecule has 2 aromatic rings. The molecule has 1 heterocycles. The molecular weight excluding hydrogens is 525 g/mol. The van der Waals surface area contributed by atoms with Gasteiger partial charge in [-0.25, -0.2) is 0 Å². The predicted octanol–water partition coefficient (Wildman–Crippen LogP) is 7.08. The SMILES string of the molecule is CC1(C)CC(=O)C2=C(C1)NC(SCC(=O)Nc1ccc(Cl)c(Cl)c1)=C(C#N)[C@@H]2c1ccc(Cl)cc1. The summed E-state index contributed by atoms with van der Waals surface area (Å²) in [5.74, 6) is -0.695. The second-order valence-electron chi connectivity index (χ2n) is 9.26. The van der Waals surface area contributed by atoms with E-state index < -0.39 is 5.92 Å². The highest BCUT2D eigenvalue weighted by Gasteiger charge is 2.41. The van der Waals surface area contributed by atoms with Crippen LogP contribution in [0.15, 0.2) is 64.3 Å². The highest BCUT2D eigenvalue weighted by Crippen LogP contribution is 2.48. The minimum atomic E-state index is -0.516. The maximum absolute atomic E-state index is 13.2. The van der Waals surface area contributed by atoms with Crippen molar-refractivity contribution in [1.29, 1.82) is 5.26 Å². The van der Waals surface area contributed by atoms with Gasteiger partial charge in [0.1, 0.15) is 0 Å². The Labute approximate surface area is 223 Å². The number of carbonyl (C=O) groups is 2. The number of rotatable bonds is 5. The molecule has 2 N–H and O–H groups in total. The molecule has 0 aromatic heterocycles. The summed E-state index contributed by atoms with van der Waals surface area (Å²) in [7, 11) is 0. The number of thioether (sulfide) groups is 1. The van der Waals surface area contributed by atoms with Gasteiger partial charge in [-0.1, -0.05) is 72.5 Å². The lowest BCUT2D eigenvalue weighted by Gasteiger charge is -2.39. The summed E-state index contributed by atoms with van der Waals surface area (Å²) in [4.78, 5) is 25.9. The summed E-state index contributed by atoms with van der Waals surface area (Å²) in [6.07, 6.45) is 1.07. The fourth-order valence-corrected chi connectivity index (χ4v) is 5.67. The molecule has 1 amide bonds. The van der Waals surface area contributed by atoms with Crippen molar-refractivity contribution in [2.75, 3.05) is 11.1 Å². The Hall–Kier alpha value is -2.43. The van der Waals surface area contributed by atoms with E-state index in [1.165, 1.54) is 11.8 Å². The third-order valence-corrected chi connectivity index (χ3v) is 7.89. The number of carbonyl (C=O) groups excluding carboxylic acids is 2. The summed E-state index contributed by atoms with van der Waals surface area (Å²) < 4.78 is 0. The molecule has 0 saturated carbocycles. The van der Waals surface area contributed by atoms with Gasteiger partial charge in [0.25, 0.3) is 0 Å². The lowest BCUT2D eigenvalue weighted by Crippen LogP contribution is -2.37. The first-order valence-corrected chi connectivity index (χ1v) is 13.0. The molecule has 4 rings (SSSR count). The lowest BCUT2D eigenvalue weighted by atomic mass is 9.69. The summed E-state index contributed by atoms with van der Waals surface area (Å²) in [5, 5.41) is 18.1. The Kier molecular flexibility index (Phi) is 7.54. The van der Waals surface area contributed by atoms with Crippen molar-refractivity contribution in [3.63, 3.8) is 0 Å². The maximum Gasteiger partial charge on any atom is 0.234 e. The summed E-state index contributed by atoms with van der Waals surface area (Å²) in [6.45, 7) is 4.10.